The zero-order valence-corrected chi connectivity index (χ0v) is 20.9. The molecule has 1 unspecified atom stereocenters. The summed E-state index contributed by atoms with van der Waals surface area (Å²) in [5, 5.41) is 4.88. The van der Waals surface area contributed by atoms with Gasteiger partial charge in [0.1, 0.15) is 0 Å². The fourth-order valence-corrected chi connectivity index (χ4v) is 7.16. The molecule has 0 N–H and O–H groups in total. The average Bonchev–Trinajstić information content (AvgIpc) is 3.28. The number of rotatable bonds is 4. The molecule has 3 aromatic rings. The summed E-state index contributed by atoms with van der Waals surface area (Å²) in [5.41, 5.74) is 3.40. The first-order valence-electron chi connectivity index (χ1n) is 12.4. The number of carbonyl (C=O) groups is 1. The van der Waals surface area contributed by atoms with Crippen molar-refractivity contribution in [2.75, 3.05) is 39.4 Å². The van der Waals surface area contributed by atoms with Crippen molar-refractivity contribution in [2.45, 2.75) is 36.1 Å². The summed E-state index contributed by atoms with van der Waals surface area (Å²) in [6.07, 6.45) is 5.53. The van der Waals surface area contributed by atoms with Crippen molar-refractivity contribution in [3.8, 4) is 11.3 Å². The third kappa shape index (κ3) is 4.23. The Morgan fingerprint density at radius 3 is 2.64 bits per heavy atom. The van der Waals surface area contributed by atoms with Crippen LogP contribution in [0.5, 0.6) is 0 Å². The maximum atomic E-state index is 13.6. The highest BCUT2D eigenvalue weighted by molar-refractivity contribution is 7.90. The molecule has 0 spiro atoms. The lowest BCUT2D eigenvalue weighted by atomic mass is 10.0. The summed E-state index contributed by atoms with van der Waals surface area (Å²) in [6, 6.07) is 11.2. The quantitative estimate of drug-likeness (QED) is 0.535. The first-order chi connectivity index (χ1) is 17.5. The highest BCUT2D eigenvalue weighted by Crippen LogP contribution is 2.42. The topological polar surface area (TPSA) is 97.6 Å². The summed E-state index contributed by atoms with van der Waals surface area (Å²) < 4.78 is 33.8. The molecule has 1 aromatic carbocycles. The molecule has 0 bridgehead atoms. The number of benzene rings is 1. The van der Waals surface area contributed by atoms with Crippen molar-refractivity contribution in [3.05, 3.63) is 65.6 Å². The number of ether oxygens (including phenoxy) is 1. The van der Waals surface area contributed by atoms with Gasteiger partial charge in [-0.05, 0) is 43.1 Å². The Bertz CT molecular complexity index is 1380. The van der Waals surface area contributed by atoms with E-state index in [-0.39, 0.29) is 23.4 Å². The van der Waals surface area contributed by atoms with Gasteiger partial charge in [0.15, 0.2) is 15.5 Å². The lowest BCUT2D eigenvalue weighted by Gasteiger charge is -2.34. The van der Waals surface area contributed by atoms with Gasteiger partial charge in [0.2, 0.25) is 0 Å². The molecule has 2 fully saturated rings. The molecule has 5 heterocycles. The molecule has 1 atom stereocenters. The summed E-state index contributed by atoms with van der Waals surface area (Å²) in [5.74, 6) is -0.426. The van der Waals surface area contributed by atoms with E-state index in [1.165, 1.54) is 5.56 Å². The minimum absolute atomic E-state index is 0.0365. The van der Waals surface area contributed by atoms with E-state index in [0.717, 1.165) is 38.2 Å². The number of carbonyl (C=O) groups excluding carboxylic acids is 1. The van der Waals surface area contributed by atoms with Gasteiger partial charge in [-0.25, -0.2) is 8.42 Å². The van der Waals surface area contributed by atoms with Crippen LogP contribution in [0.3, 0.4) is 0 Å². The van der Waals surface area contributed by atoms with Crippen LogP contribution >= 0.6 is 0 Å². The number of fused-ring (bicyclic) bond motifs is 3. The number of likely N-dealkylation sites (tertiary alicyclic amines) is 1. The van der Waals surface area contributed by atoms with Crippen LogP contribution in [0, 0.1) is 0 Å². The summed E-state index contributed by atoms with van der Waals surface area (Å²) in [6.45, 7) is 4.47. The van der Waals surface area contributed by atoms with Crippen molar-refractivity contribution in [2.24, 2.45) is 0 Å². The molecule has 3 aliphatic rings. The molecule has 3 aliphatic heterocycles. The van der Waals surface area contributed by atoms with Crippen molar-refractivity contribution < 1.29 is 17.9 Å². The molecule has 6 rings (SSSR count). The van der Waals surface area contributed by atoms with E-state index in [0.29, 0.717) is 42.3 Å². The number of sulfone groups is 1. The van der Waals surface area contributed by atoms with Crippen LogP contribution in [0.1, 0.15) is 40.5 Å². The van der Waals surface area contributed by atoms with Crippen molar-refractivity contribution in [1.82, 2.24) is 24.6 Å². The van der Waals surface area contributed by atoms with Crippen LogP contribution in [0.15, 0.2) is 53.7 Å². The lowest BCUT2D eigenvalue weighted by Crippen LogP contribution is -2.41. The Morgan fingerprint density at radius 1 is 1.06 bits per heavy atom. The Hall–Kier alpha value is -3.08. The maximum absolute atomic E-state index is 13.6. The Kier molecular flexibility index (Phi) is 6.10. The number of piperidine rings is 1. The van der Waals surface area contributed by atoms with Crippen LogP contribution in [-0.4, -0.2) is 78.3 Å². The van der Waals surface area contributed by atoms with E-state index in [1.54, 1.807) is 17.0 Å². The average molecular weight is 508 g/mol. The molecule has 10 heteroatoms. The Balaban J connectivity index is 1.41. The predicted octanol–water partition coefficient (Wildman–Crippen LogP) is 2.54. The SMILES string of the molecule is O=C(c1nn(C2CCCN(Cc3ccncc3)C2)c2c1CS(=O)(=O)c1ccccc1-2)N1CCOCC1. The Labute approximate surface area is 210 Å². The molecular formula is C26H29N5O4S. The summed E-state index contributed by atoms with van der Waals surface area (Å²) in [7, 11) is -3.58. The van der Waals surface area contributed by atoms with Gasteiger partial charge in [-0.1, -0.05) is 18.2 Å². The van der Waals surface area contributed by atoms with Gasteiger partial charge in [0.25, 0.3) is 5.91 Å². The number of hydrogen-bond donors (Lipinski definition) is 0. The van der Waals surface area contributed by atoms with Gasteiger partial charge in [-0.2, -0.15) is 5.10 Å². The van der Waals surface area contributed by atoms with E-state index in [2.05, 4.69) is 9.88 Å². The fraction of sp³-hybridized carbons (Fsp3) is 0.423. The van der Waals surface area contributed by atoms with Crippen LogP contribution in [0.2, 0.25) is 0 Å². The molecule has 2 saturated heterocycles. The lowest BCUT2D eigenvalue weighted by molar-refractivity contribution is 0.0297. The molecule has 0 saturated carbocycles. The zero-order valence-electron chi connectivity index (χ0n) is 20.0. The molecular weight excluding hydrogens is 478 g/mol. The van der Waals surface area contributed by atoms with Gasteiger partial charge >= 0.3 is 0 Å². The normalized spacial score (nSPS) is 21.6. The monoisotopic (exact) mass is 507 g/mol. The number of hydrogen-bond acceptors (Lipinski definition) is 7. The van der Waals surface area contributed by atoms with Gasteiger partial charge in [-0.3, -0.25) is 19.4 Å². The first-order valence-corrected chi connectivity index (χ1v) is 14.1. The second kappa shape index (κ2) is 9.42. The second-order valence-corrected chi connectivity index (χ2v) is 11.6. The number of nitrogens with zero attached hydrogens (tertiary/aromatic N) is 5. The molecule has 0 aliphatic carbocycles. The van der Waals surface area contributed by atoms with Crippen LogP contribution in [0.4, 0.5) is 0 Å². The molecule has 1 amide bonds. The molecule has 9 nitrogen and oxygen atoms in total. The molecule has 188 valence electrons. The third-order valence-electron chi connectivity index (χ3n) is 7.30. The third-order valence-corrected chi connectivity index (χ3v) is 9.00. The number of morpholine rings is 1. The highest BCUT2D eigenvalue weighted by Gasteiger charge is 2.38. The summed E-state index contributed by atoms with van der Waals surface area (Å²) in [4.78, 5) is 22.1. The molecule has 36 heavy (non-hydrogen) atoms. The largest absolute Gasteiger partial charge is 0.378 e. The van der Waals surface area contributed by atoms with Crippen LogP contribution in [-0.2, 0) is 26.9 Å². The minimum Gasteiger partial charge on any atom is -0.378 e. The van der Waals surface area contributed by atoms with Crippen LogP contribution < -0.4 is 0 Å². The summed E-state index contributed by atoms with van der Waals surface area (Å²) >= 11 is 0. The number of pyridine rings is 1. The minimum atomic E-state index is -3.58. The van der Waals surface area contributed by atoms with E-state index in [9.17, 15) is 13.2 Å². The standard InChI is InChI=1S/C26H29N5O4S/c32-26(30-12-14-35-15-13-30)24-22-18-36(33,34)23-6-2-1-5-21(23)25(22)31(28-24)20-4-3-11-29(17-20)16-19-7-9-27-10-8-19/h1-2,5-10,20H,3-4,11-18H2. The predicted molar refractivity (Wildman–Crippen MR) is 133 cm³/mol. The fourth-order valence-electron chi connectivity index (χ4n) is 5.57. The molecule has 2 aromatic heterocycles. The van der Waals surface area contributed by atoms with Gasteiger partial charge in [-0.15, -0.1) is 0 Å². The zero-order chi connectivity index (χ0) is 24.7. The van der Waals surface area contributed by atoms with Crippen molar-refractivity contribution in [3.63, 3.8) is 0 Å². The van der Waals surface area contributed by atoms with E-state index in [4.69, 9.17) is 9.84 Å². The van der Waals surface area contributed by atoms with Crippen molar-refractivity contribution >= 4 is 15.7 Å². The smallest absolute Gasteiger partial charge is 0.274 e. The number of aromatic nitrogens is 3. The van der Waals surface area contributed by atoms with Crippen molar-refractivity contribution in [1.29, 1.82) is 0 Å². The van der Waals surface area contributed by atoms with Gasteiger partial charge in [0, 0.05) is 49.7 Å². The van der Waals surface area contributed by atoms with E-state index in [1.807, 2.05) is 41.3 Å². The van der Waals surface area contributed by atoms with Gasteiger partial charge in [0.05, 0.1) is 35.6 Å². The van der Waals surface area contributed by atoms with E-state index >= 15 is 0 Å². The second-order valence-electron chi connectivity index (χ2n) is 9.67. The maximum Gasteiger partial charge on any atom is 0.274 e. The van der Waals surface area contributed by atoms with E-state index < -0.39 is 9.84 Å². The van der Waals surface area contributed by atoms with Crippen LogP contribution in [0.25, 0.3) is 11.3 Å². The van der Waals surface area contributed by atoms with Gasteiger partial charge < -0.3 is 9.64 Å². The number of amides is 1. The Morgan fingerprint density at radius 2 is 1.83 bits per heavy atom. The highest BCUT2D eigenvalue weighted by atomic mass is 32.2. The molecule has 0 radical (unpaired) electrons. The first kappa shape index (κ1) is 23.3.